The number of benzene rings is 1. The number of hydrogen-bond donors (Lipinski definition) is 1. The second-order valence-corrected chi connectivity index (χ2v) is 4.57. The lowest BCUT2D eigenvalue weighted by Gasteiger charge is -2.18. The van der Waals surface area contributed by atoms with Crippen LogP contribution in [0.4, 0.5) is 0 Å². The Hall–Kier alpha value is -1.84. The van der Waals surface area contributed by atoms with E-state index in [-0.39, 0.29) is 18.6 Å². The van der Waals surface area contributed by atoms with Gasteiger partial charge in [-0.3, -0.25) is 9.59 Å². The summed E-state index contributed by atoms with van der Waals surface area (Å²) in [4.78, 5) is 22.3. The zero-order valence-electron chi connectivity index (χ0n) is 10.4. The van der Waals surface area contributed by atoms with Crippen molar-refractivity contribution in [1.82, 2.24) is 5.32 Å². The summed E-state index contributed by atoms with van der Waals surface area (Å²) in [7, 11) is 0. The monoisotopic (exact) mass is 247 g/mol. The van der Waals surface area contributed by atoms with E-state index in [9.17, 15) is 9.59 Å². The fourth-order valence-corrected chi connectivity index (χ4v) is 1.95. The number of carbonyl (C=O) groups is 2. The molecular formula is C14H17NO3. The molecule has 1 atom stereocenters. The summed E-state index contributed by atoms with van der Waals surface area (Å²) in [5.74, 6) is -0.174. The number of nitrogens with one attached hydrogen (secondary N) is 1. The Morgan fingerprint density at radius 2 is 2.00 bits per heavy atom. The highest BCUT2D eigenvalue weighted by molar-refractivity contribution is 5.80. The third-order valence-electron chi connectivity index (χ3n) is 2.98. The molecule has 0 unspecified atom stereocenters. The molecule has 1 aromatic rings. The highest BCUT2D eigenvalue weighted by Crippen LogP contribution is 2.40. The number of ether oxygens (including phenoxy) is 1. The molecule has 4 nitrogen and oxygen atoms in total. The SMILES string of the molecule is CC(=O)OCC(=O)N[C@H](c1ccccc1)C1CC1. The second kappa shape index (κ2) is 5.67. The summed E-state index contributed by atoms with van der Waals surface area (Å²) in [6.45, 7) is 1.09. The van der Waals surface area contributed by atoms with Crippen LogP contribution in [-0.2, 0) is 14.3 Å². The highest BCUT2D eigenvalue weighted by atomic mass is 16.5. The zero-order chi connectivity index (χ0) is 13.0. The first-order valence-corrected chi connectivity index (χ1v) is 6.14. The normalized spacial score (nSPS) is 15.8. The van der Waals surface area contributed by atoms with Gasteiger partial charge in [0.25, 0.3) is 5.91 Å². The average molecular weight is 247 g/mol. The van der Waals surface area contributed by atoms with Crippen LogP contribution in [0, 0.1) is 5.92 Å². The maximum atomic E-state index is 11.7. The van der Waals surface area contributed by atoms with Crippen molar-refractivity contribution in [2.75, 3.05) is 6.61 Å². The predicted molar refractivity (Wildman–Crippen MR) is 66.7 cm³/mol. The van der Waals surface area contributed by atoms with Crippen LogP contribution in [0.5, 0.6) is 0 Å². The first kappa shape index (κ1) is 12.6. The maximum Gasteiger partial charge on any atom is 0.303 e. The van der Waals surface area contributed by atoms with Gasteiger partial charge < -0.3 is 10.1 Å². The highest BCUT2D eigenvalue weighted by Gasteiger charge is 2.33. The predicted octanol–water partition coefficient (Wildman–Crippen LogP) is 1.82. The third kappa shape index (κ3) is 3.58. The first-order valence-electron chi connectivity index (χ1n) is 6.14. The van der Waals surface area contributed by atoms with Crippen molar-refractivity contribution in [3.05, 3.63) is 35.9 Å². The summed E-state index contributed by atoms with van der Waals surface area (Å²) >= 11 is 0. The topological polar surface area (TPSA) is 55.4 Å². The first-order chi connectivity index (χ1) is 8.66. The van der Waals surface area contributed by atoms with Crippen LogP contribution < -0.4 is 5.32 Å². The summed E-state index contributed by atoms with van der Waals surface area (Å²) in [5.41, 5.74) is 1.11. The van der Waals surface area contributed by atoms with E-state index in [1.54, 1.807) is 0 Å². The van der Waals surface area contributed by atoms with Crippen molar-refractivity contribution in [1.29, 1.82) is 0 Å². The van der Waals surface area contributed by atoms with Crippen molar-refractivity contribution >= 4 is 11.9 Å². The standard InChI is InChI=1S/C14H17NO3/c1-10(16)18-9-13(17)15-14(12-7-8-12)11-5-3-2-4-6-11/h2-6,12,14H,7-9H2,1H3,(H,15,17)/t14-/m1/s1. The van der Waals surface area contributed by atoms with Gasteiger partial charge in [-0.2, -0.15) is 0 Å². The Morgan fingerprint density at radius 1 is 1.33 bits per heavy atom. The Balaban J connectivity index is 1.95. The van der Waals surface area contributed by atoms with E-state index < -0.39 is 5.97 Å². The molecule has 1 saturated carbocycles. The molecule has 0 saturated heterocycles. The zero-order valence-corrected chi connectivity index (χ0v) is 10.4. The molecule has 0 bridgehead atoms. The number of esters is 1. The summed E-state index contributed by atoms with van der Waals surface area (Å²) < 4.78 is 4.69. The van der Waals surface area contributed by atoms with Crippen molar-refractivity contribution in [3.63, 3.8) is 0 Å². The molecule has 0 heterocycles. The summed E-state index contributed by atoms with van der Waals surface area (Å²) in [5, 5.41) is 2.93. The van der Waals surface area contributed by atoms with E-state index in [1.165, 1.54) is 6.92 Å². The van der Waals surface area contributed by atoms with Crippen LogP contribution in [0.15, 0.2) is 30.3 Å². The molecule has 18 heavy (non-hydrogen) atoms. The Kier molecular flexibility index (Phi) is 3.97. The van der Waals surface area contributed by atoms with Crippen LogP contribution >= 0.6 is 0 Å². The van der Waals surface area contributed by atoms with Gasteiger partial charge in [0.1, 0.15) is 0 Å². The van der Waals surface area contributed by atoms with E-state index >= 15 is 0 Å². The molecule has 0 spiro atoms. The van der Waals surface area contributed by atoms with Gasteiger partial charge in [0.05, 0.1) is 6.04 Å². The van der Waals surface area contributed by atoms with E-state index in [1.807, 2.05) is 30.3 Å². The third-order valence-corrected chi connectivity index (χ3v) is 2.98. The minimum absolute atomic E-state index is 0.0364. The molecule has 1 aromatic carbocycles. The Labute approximate surface area is 106 Å². The lowest BCUT2D eigenvalue weighted by atomic mass is 10.0. The van der Waals surface area contributed by atoms with E-state index in [4.69, 9.17) is 0 Å². The quantitative estimate of drug-likeness (QED) is 0.807. The molecule has 2 rings (SSSR count). The van der Waals surface area contributed by atoms with E-state index in [0.29, 0.717) is 5.92 Å². The van der Waals surface area contributed by atoms with Crippen LogP contribution in [0.1, 0.15) is 31.4 Å². The minimum atomic E-state index is -0.437. The van der Waals surface area contributed by atoms with Gasteiger partial charge in [0.2, 0.25) is 0 Å². The smallest absolute Gasteiger partial charge is 0.303 e. The fraction of sp³-hybridized carbons (Fsp3) is 0.429. The molecule has 96 valence electrons. The van der Waals surface area contributed by atoms with Crippen molar-refractivity contribution < 1.29 is 14.3 Å². The average Bonchev–Trinajstić information content (AvgIpc) is 3.19. The Bertz CT molecular complexity index is 426. The molecule has 1 amide bonds. The van der Waals surface area contributed by atoms with Gasteiger partial charge >= 0.3 is 5.97 Å². The molecule has 1 N–H and O–H groups in total. The van der Waals surface area contributed by atoms with E-state index in [0.717, 1.165) is 18.4 Å². The number of hydrogen-bond acceptors (Lipinski definition) is 3. The number of amides is 1. The number of carbonyl (C=O) groups excluding carboxylic acids is 2. The lowest BCUT2D eigenvalue weighted by Crippen LogP contribution is -2.33. The van der Waals surface area contributed by atoms with Gasteiger partial charge in [-0.15, -0.1) is 0 Å². The molecule has 0 aromatic heterocycles. The molecule has 0 radical (unpaired) electrons. The molecule has 1 aliphatic rings. The van der Waals surface area contributed by atoms with E-state index in [2.05, 4.69) is 10.1 Å². The summed E-state index contributed by atoms with van der Waals surface area (Å²) in [6.07, 6.45) is 2.26. The molecule has 1 fully saturated rings. The minimum Gasteiger partial charge on any atom is -0.456 e. The van der Waals surface area contributed by atoms with Crippen molar-refractivity contribution in [2.45, 2.75) is 25.8 Å². The van der Waals surface area contributed by atoms with Gasteiger partial charge in [-0.05, 0) is 24.3 Å². The molecule has 0 aliphatic heterocycles. The largest absolute Gasteiger partial charge is 0.456 e. The van der Waals surface area contributed by atoms with Crippen LogP contribution in [0.3, 0.4) is 0 Å². The van der Waals surface area contributed by atoms with Crippen LogP contribution in [0.25, 0.3) is 0 Å². The van der Waals surface area contributed by atoms with Gasteiger partial charge in [0.15, 0.2) is 6.61 Å². The maximum absolute atomic E-state index is 11.7. The van der Waals surface area contributed by atoms with Gasteiger partial charge in [-0.25, -0.2) is 0 Å². The van der Waals surface area contributed by atoms with Crippen LogP contribution in [-0.4, -0.2) is 18.5 Å². The van der Waals surface area contributed by atoms with Crippen molar-refractivity contribution in [2.24, 2.45) is 5.92 Å². The number of rotatable bonds is 5. The summed E-state index contributed by atoms with van der Waals surface area (Å²) in [6, 6.07) is 9.93. The second-order valence-electron chi connectivity index (χ2n) is 4.57. The van der Waals surface area contributed by atoms with Gasteiger partial charge in [0, 0.05) is 6.92 Å². The van der Waals surface area contributed by atoms with Gasteiger partial charge in [-0.1, -0.05) is 30.3 Å². The molecular weight excluding hydrogens is 230 g/mol. The molecule has 1 aliphatic carbocycles. The molecule has 4 heteroatoms. The Morgan fingerprint density at radius 3 is 2.56 bits per heavy atom. The lowest BCUT2D eigenvalue weighted by molar-refractivity contribution is -0.146. The fourth-order valence-electron chi connectivity index (χ4n) is 1.95. The van der Waals surface area contributed by atoms with Crippen molar-refractivity contribution in [3.8, 4) is 0 Å². The van der Waals surface area contributed by atoms with Crippen LogP contribution in [0.2, 0.25) is 0 Å².